The van der Waals surface area contributed by atoms with Gasteiger partial charge in [-0.1, -0.05) is 30.3 Å². The highest BCUT2D eigenvalue weighted by Crippen LogP contribution is 2.11. The number of hydrogen-bond acceptors (Lipinski definition) is 5. The van der Waals surface area contributed by atoms with E-state index in [1.54, 1.807) is 12.1 Å². The number of aryl methyl sites for hydroxylation is 1. The van der Waals surface area contributed by atoms with Crippen molar-refractivity contribution in [3.8, 4) is 11.8 Å². The minimum atomic E-state index is -3.72. The van der Waals surface area contributed by atoms with Crippen molar-refractivity contribution in [3.63, 3.8) is 0 Å². The zero-order valence-electron chi connectivity index (χ0n) is 12.8. The monoisotopic (exact) mass is 344 g/mol. The smallest absolute Gasteiger partial charge is 0.271 e. The van der Waals surface area contributed by atoms with Crippen molar-refractivity contribution in [3.05, 3.63) is 65.7 Å². The van der Waals surface area contributed by atoms with Gasteiger partial charge in [-0.3, -0.25) is 9.52 Å². The van der Waals surface area contributed by atoms with Crippen molar-refractivity contribution in [1.82, 2.24) is 4.72 Å². The van der Waals surface area contributed by atoms with Gasteiger partial charge in [0, 0.05) is 0 Å². The highest BCUT2D eigenvalue weighted by Gasteiger charge is 2.15. The number of nitriles is 1. The lowest BCUT2D eigenvalue weighted by molar-refractivity contribution is -0.121. The molecule has 0 aromatic heterocycles. The predicted octanol–water partition coefficient (Wildman–Crippen LogP) is 1.63. The Labute approximate surface area is 140 Å². The summed E-state index contributed by atoms with van der Waals surface area (Å²) in [7, 11) is -3.72. The molecule has 0 radical (unpaired) electrons. The number of rotatable bonds is 7. The van der Waals surface area contributed by atoms with E-state index in [1.807, 2.05) is 41.1 Å². The Morgan fingerprint density at radius 3 is 2.38 bits per heavy atom. The van der Waals surface area contributed by atoms with E-state index < -0.39 is 22.5 Å². The van der Waals surface area contributed by atoms with Gasteiger partial charge in [0.05, 0.1) is 17.4 Å². The first-order valence-electron chi connectivity index (χ1n) is 7.19. The summed E-state index contributed by atoms with van der Waals surface area (Å²) in [5, 5.41) is 8.69. The number of carbonyl (C=O) groups is 1. The summed E-state index contributed by atoms with van der Waals surface area (Å²) in [5.74, 6) is -0.544. The molecule has 124 valence electrons. The molecule has 6 nitrogen and oxygen atoms in total. The van der Waals surface area contributed by atoms with Crippen LogP contribution < -0.4 is 9.46 Å². The molecule has 2 rings (SSSR count). The zero-order chi connectivity index (χ0) is 17.4. The van der Waals surface area contributed by atoms with E-state index in [1.165, 1.54) is 12.1 Å². The summed E-state index contributed by atoms with van der Waals surface area (Å²) in [6.07, 6.45) is 0.319. The normalized spacial score (nSPS) is 10.6. The molecule has 0 aliphatic rings. The van der Waals surface area contributed by atoms with Gasteiger partial charge >= 0.3 is 0 Å². The molecular weight excluding hydrogens is 328 g/mol. The Kier molecular flexibility index (Phi) is 5.93. The van der Waals surface area contributed by atoms with Crippen LogP contribution in [0.1, 0.15) is 11.1 Å². The van der Waals surface area contributed by atoms with Gasteiger partial charge in [0.15, 0.2) is 6.61 Å². The first-order chi connectivity index (χ1) is 11.5. The summed E-state index contributed by atoms with van der Waals surface area (Å²) in [6, 6.07) is 17.3. The molecular formula is C17H16N2O4S. The van der Waals surface area contributed by atoms with Crippen molar-refractivity contribution >= 4 is 15.9 Å². The molecule has 0 fully saturated rings. The van der Waals surface area contributed by atoms with E-state index in [0.29, 0.717) is 17.7 Å². The second-order valence-electron chi connectivity index (χ2n) is 5.00. The molecule has 24 heavy (non-hydrogen) atoms. The van der Waals surface area contributed by atoms with Crippen molar-refractivity contribution in [2.24, 2.45) is 0 Å². The van der Waals surface area contributed by atoms with Crippen molar-refractivity contribution in [1.29, 1.82) is 5.26 Å². The van der Waals surface area contributed by atoms with E-state index in [4.69, 9.17) is 10.00 Å². The predicted molar refractivity (Wildman–Crippen MR) is 88.7 cm³/mol. The van der Waals surface area contributed by atoms with Crippen LogP contribution in [0.25, 0.3) is 0 Å². The zero-order valence-corrected chi connectivity index (χ0v) is 13.6. The maximum absolute atomic E-state index is 11.9. The molecule has 0 spiro atoms. The highest BCUT2D eigenvalue weighted by atomic mass is 32.2. The first-order valence-corrected chi connectivity index (χ1v) is 8.84. The Morgan fingerprint density at radius 1 is 1.08 bits per heavy atom. The lowest BCUT2D eigenvalue weighted by Gasteiger charge is -2.08. The summed E-state index contributed by atoms with van der Waals surface area (Å²) in [5.41, 5.74) is 1.35. The van der Waals surface area contributed by atoms with Gasteiger partial charge in [-0.25, -0.2) is 8.42 Å². The van der Waals surface area contributed by atoms with Crippen molar-refractivity contribution in [2.45, 2.75) is 6.42 Å². The number of nitrogens with one attached hydrogen (secondary N) is 1. The molecule has 1 amide bonds. The number of nitrogens with zero attached hydrogens (tertiary/aromatic N) is 1. The number of sulfonamides is 1. The summed E-state index contributed by atoms with van der Waals surface area (Å²) >= 11 is 0. The lowest BCUT2D eigenvalue weighted by Crippen LogP contribution is -2.36. The standard InChI is InChI=1S/C17H16N2O4S/c18-12-15-6-8-16(9-7-15)23-13-17(20)19-24(21,22)11-10-14-4-2-1-3-5-14/h1-9H,10-11,13H2,(H,19,20). The quantitative estimate of drug-likeness (QED) is 0.823. The Morgan fingerprint density at radius 2 is 1.75 bits per heavy atom. The van der Waals surface area contributed by atoms with Crippen LogP contribution >= 0.6 is 0 Å². The maximum atomic E-state index is 11.9. The fraction of sp³-hybridized carbons (Fsp3) is 0.176. The van der Waals surface area contributed by atoms with Gasteiger partial charge in [0.2, 0.25) is 10.0 Å². The van der Waals surface area contributed by atoms with E-state index in [2.05, 4.69) is 0 Å². The van der Waals surface area contributed by atoms with E-state index in [0.717, 1.165) is 5.56 Å². The third-order valence-electron chi connectivity index (χ3n) is 3.12. The highest BCUT2D eigenvalue weighted by molar-refractivity contribution is 7.90. The Hall–Kier alpha value is -2.85. The minimum Gasteiger partial charge on any atom is -0.484 e. The maximum Gasteiger partial charge on any atom is 0.271 e. The van der Waals surface area contributed by atoms with E-state index >= 15 is 0 Å². The molecule has 0 bridgehead atoms. The summed E-state index contributed by atoms with van der Waals surface area (Å²) in [6.45, 7) is -0.420. The van der Waals surface area contributed by atoms with Gasteiger partial charge in [-0.2, -0.15) is 5.26 Å². The second kappa shape index (κ2) is 8.13. The SMILES string of the molecule is N#Cc1ccc(OCC(=O)NS(=O)(=O)CCc2ccccc2)cc1. The largest absolute Gasteiger partial charge is 0.484 e. The summed E-state index contributed by atoms with van der Waals surface area (Å²) in [4.78, 5) is 11.7. The third kappa shape index (κ3) is 5.74. The number of ether oxygens (including phenoxy) is 1. The fourth-order valence-electron chi connectivity index (χ4n) is 1.93. The molecule has 2 aromatic rings. The second-order valence-corrected chi connectivity index (χ2v) is 6.85. The molecule has 0 heterocycles. The molecule has 0 aliphatic carbocycles. The van der Waals surface area contributed by atoms with Crippen molar-refractivity contribution < 1.29 is 17.9 Å². The van der Waals surface area contributed by atoms with E-state index in [9.17, 15) is 13.2 Å². The third-order valence-corrected chi connectivity index (χ3v) is 4.41. The molecule has 0 saturated heterocycles. The fourth-order valence-corrected chi connectivity index (χ4v) is 2.94. The Bertz CT molecular complexity index is 825. The van der Waals surface area contributed by atoms with Crippen LogP contribution in [0, 0.1) is 11.3 Å². The average molecular weight is 344 g/mol. The van der Waals surface area contributed by atoms with Gasteiger partial charge in [0.25, 0.3) is 5.91 Å². The van der Waals surface area contributed by atoms with Gasteiger partial charge in [-0.05, 0) is 36.2 Å². The molecule has 0 saturated carbocycles. The van der Waals surface area contributed by atoms with Crippen LogP contribution in [0.4, 0.5) is 0 Å². The Balaban J connectivity index is 1.80. The van der Waals surface area contributed by atoms with Crippen LogP contribution in [-0.4, -0.2) is 26.7 Å². The van der Waals surface area contributed by atoms with Gasteiger partial charge in [0.1, 0.15) is 5.75 Å². The van der Waals surface area contributed by atoms with Crippen LogP contribution in [0.3, 0.4) is 0 Å². The first kappa shape index (κ1) is 17.5. The number of hydrogen-bond donors (Lipinski definition) is 1. The van der Waals surface area contributed by atoms with Crippen molar-refractivity contribution in [2.75, 3.05) is 12.4 Å². The van der Waals surface area contributed by atoms with Crippen LogP contribution in [0.2, 0.25) is 0 Å². The van der Waals surface area contributed by atoms with Crippen LogP contribution in [0.5, 0.6) is 5.75 Å². The summed E-state index contributed by atoms with van der Waals surface area (Å²) < 4.78 is 30.9. The molecule has 0 atom stereocenters. The molecule has 0 unspecified atom stereocenters. The van der Waals surface area contributed by atoms with Gasteiger partial charge < -0.3 is 4.74 Å². The number of benzene rings is 2. The average Bonchev–Trinajstić information content (AvgIpc) is 2.59. The van der Waals surface area contributed by atoms with E-state index in [-0.39, 0.29) is 5.75 Å². The molecule has 1 N–H and O–H groups in total. The number of amides is 1. The van der Waals surface area contributed by atoms with Crippen LogP contribution in [-0.2, 0) is 21.2 Å². The molecule has 7 heteroatoms. The molecule has 2 aromatic carbocycles. The topological polar surface area (TPSA) is 96.3 Å². The minimum absolute atomic E-state index is 0.181. The number of carbonyl (C=O) groups excluding carboxylic acids is 1. The van der Waals surface area contributed by atoms with Crippen LogP contribution in [0.15, 0.2) is 54.6 Å². The lowest BCUT2D eigenvalue weighted by atomic mass is 10.2. The molecule has 0 aliphatic heterocycles. The van der Waals surface area contributed by atoms with Gasteiger partial charge in [-0.15, -0.1) is 0 Å².